The zero-order chi connectivity index (χ0) is 13.1. The van der Waals surface area contributed by atoms with Crippen LogP contribution in [-0.4, -0.2) is 7.05 Å². The Morgan fingerprint density at radius 1 is 1.33 bits per heavy atom. The summed E-state index contributed by atoms with van der Waals surface area (Å²) in [7, 11) is 1.99. The number of hydrogen-bond donors (Lipinski definition) is 0. The minimum atomic E-state index is 0.640. The normalized spacial score (nSPS) is 10.1. The Bertz CT molecular complexity index is 598. The molecule has 0 atom stereocenters. The minimum absolute atomic E-state index is 0.640. The van der Waals surface area contributed by atoms with Crippen molar-refractivity contribution in [1.29, 1.82) is 5.26 Å². The van der Waals surface area contributed by atoms with Gasteiger partial charge in [0.2, 0.25) is 0 Å². The number of nitriles is 1. The van der Waals surface area contributed by atoms with Gasteiger partial charge in [0.05, 0.1) is 12.1 Å². The molecule has 0 N–H and O–H groups in total. The zero-order valence-electron chi connectivity index (χ0n) is 10.3. The molecule has 2 rings (SSSR count). The van der Waals surface area contributed by atoms with Crippen LogP contribution < -0.4 is 4.90 Å². The van der Waals surface area contributed by atoms with E-state index in [2.05, 4.69) is 26.9 Å². The van der Waals surface area contributed by atoms with Gasteiger partial charge in [-0.1, -0.05) is 0 Å². The van der Waals surface area contributed by atoms with Crippen LogP contribution in [0.5, 0.6) is 0 Å². The first-order valence-corrected chi connectivity index (χ1v) is 6.35. The van der Waals surface area contributed by atoms with Gasteiger partial charge in [-0.3, -0.25) is 0 Å². The van der Waals surface area contributed by atoms with Crippen molar-refractivity contribution < 1.29 is 4.42 Å². The lowest BCUT2D eigenvalue weighted by molar-refractivity contribution is 0.482. The average Bonchev–Trinajstić information content (AvgIpc) is 2.74. The quantitative estimate of drug-likeness (QED) is 0.864. The third-order valence-corrected chi connectivity index (χ3v) is 3.36. The van der Waals surface area contributed by atoms with E-state index in [-0.39, 0.29) is 0 Å². The van der Waals surface area contributed by atoms with E-state index in [1.807, 2.05) is 44.3 Å². The van der Waals surface area contributed by atoms with Gasteiger partial charge < -0.3 is 9.32 Å². The first-order valence-electron chi connectivity index (χ1n) is 5.56. The van der Waals surface area contributed by atoms with Crippen molar-refractivity contribution in [2.75, 3.05) is 11.9 Å². The summed E-state index contributed by atoms with van der Waals surface area (Å²) in [5.41, 5.74) is 1.68. The Kier molecular flexibility index (Phi) is 3.73. The molecule has 0 bridgehead atoms. The summed E-state index contributed by atoms with van der Waals surface area (Å²) in [6.45, 7) is 2.63. The van der Waals surface area contributed by atoms with E-state index in [9.17, 15) is 0 Å². The second-order valence-electron chi connectivity index (χ2n) is 4.14. The summed E-state index contributed by atoms with van der Waals surface area (Å²) in [5.74, 6) is 1.84. The van der Waals surface area contributed by atoms with Crippen molar-refractivity contribution in [2.45, 2.75) is 13.5 Å². The Hall–Kier alpha value is -1.73. The summed E-state index contributed by atoms with van der Waals surface area (Å²) in [6.07, 6.45) is 0. The predicted octanol–water partition coefficient (Wildman–Crippen LogP) is 3.86. The number of nitrogens with zero attached hydrogens (tertiary/aromatic N) is 2. The van der Waals surface area contributed by atoms with E-state index >= 15 is 0 Å². The van der Waals surface area contributed by atoms with Gasteiger partial charge in [-0.25, -0.2) is 0 Å². The molecule has 18 heavy (non-hydrogen) atoms. The maximum atomic E-state index is 8.88. The number of furan rings is 1. The SMILES string of the molecule is Cc1ccc(CN(C)c2ccc(C#N)c(Br)c2)o1. The predicted molar refractivity (Wildman–Crippen MR) is 74.4 cm³/mol. The van der Waals surface area contributed by atoms with E-state index in [1.54, 1.807) is 0 Å². The molecule has 2 aromatic rings. The van der Waals surface area contributed by atoms with Crippen LogP contribution in [0.1, 0.15) is 17.1 Å². The first kappa shape index (κ1) is 12.7. The molecule has 0 radical (unpaired) electrons. The number of hydrogen-bond acceptors (Lipinski definition) is 3. The van der Waals surface area contributed by atoms with E-state index in [1.165, 1.54) is 0 Å². The Morgan fingerprint density at radius 2 is 2.11 bits per heavy atom. The van der Waals surface area contributed by atoms with Crippen LogP contribution in [0, 0.1) is 18.3 Å². The smallest absolute Gasteiger partial charge is 0.123 e. The fourth-order valence-electron chi connectivity index (χ4n) is 1.73. The molecular weight excluding hydrogens is 292 g/mol. The Labute approximate surface area is 115 Å². The van der Waals surface area contributed by atoms with E-state index in [4.69, 9.17) is 9.68 Å². The second kappa shape index (κ2) is 5.28. The zero-order valence-corrected chi connectivity index (χ0v) is 11.9. The first-order chi connectivity index (χ1) is 8.60. The molecule has 1 aromatic carbocycles. The summed E-state index contributed by atoms with van der Waals surface area (Å²) in [4.78, 5) is 2.07. The molecule has 0 saturated carbocycles. The highest BCUT2D eigenvalue weighted by Crippen LogP contribution is 2.24. The molecular formula is C14H13BrN2O. The highest BCUT2D eigenvalue weighted by Gasteiger charge is 2.07. The van der Waals surface area contributed by atoms with Gasteiger partial charge in [-0.05, 0) is 53.2 Å². The molecule has 0 amide bonds. The number of benzene rings is 1. The van der Waals surface area contributed by atoms with Gasteiger partial charge >= 0.3 is 0 Å². The van der Waals surface area contributed by atoms with Crippen molar-refractivity contribution >= 4 is 21.6 Å². The van der Waals surface area contributed by atoms with Crippen LogP contribution in [0.2, 0.25) is 0 Å². The van der Waals surface area contributed by atoms with Crippen LogP contribution in [-0.2, 0) is 6.54 Å². The molecule has 0 unspecified atom stereocenters. The molecule has 0 aliphatic carbocycles. The molecule has 4 heteroatoms. The maximum absolute atomic E-state index is 8.88. The number of anilines is 1. The summed E-state index contributed by atoms with van der Waals surface area (Å²) >= 11 is 3.39. The maximum Gasteiger partial charge on any atom is 0.123 e. The molecule has 0 fully saturated rings. The van der Waals surface area contributed by atoms with Crippen molar-refractivity contribution in [1.82, 2.24) is 0 Å². The average molecular weight is 305 g/mol. The molecule has 92 valence electrons. The molecule has 0 saturated heterocycles. The van der Waals surface area contributed by atoms with Gasteiger partial charge in [-0.15, -0.1) is 0 Å². The molecule has 0 aliphatic heterocycles. The van der Waals surface area contributed by atoms with E-state index in [0.29, 0.717) is 12.1 Å². The highest BCUT2D eigenvalue weighted by molar-refractivity contribution is 9.10. The van der Waals surface area contributed by atoms with Crippen LogP contribution >= 0.6 is 15.9 Å². The third-order valence-electron chi connectivity index (χ3n) is 2.70. The van der Waals surface area contributed by atoms with Gasteiger partial charge in [-0.2, -0.15) is 5.26 Å². The molecule has 0 aliphatic rings. The lowest BCUT2D eigenvalue weighted by atomic mass is 10.2. The second-order valence-corrected chi connectivity index (χ2v) is 5.00. The lowest BCUT2D eigenvalue weighted by Crippen LogP contribution is -2.15. The van der Waals surface area contributed by atoms with Crippen molar-refractivity contribution in [2.24, 2.45) is 0 Å². The fraction of sp³-hybridized carbons (Fsp3) is 0.214. The summed E-state index contributed by atoms with van der Waals surface area (Å²) < 4.78 is 6.36. The monoisotopic (exact) mass is 304 g/mol. The van der Waals surface area contributed by atoms with E-state index in [0.717, 1.165) is 21.7 Å². The number of rotatable bonds is 3. The van der Waals surface area contributed by atoms with Crippen molar-refractivity contribution in [3.8, 4) is 6.07 Å². The van der Waals surface area contributed by atoms with Crippen molar-refractivity contribution in [3.63, 3.8) is 0 Å². The number of halogens is 1. The van der Waals surface area contributed by atoms with Gasteiger partial charge in [0.15, 0.2) is 0 Å². The van der Waals surface area contributed by atoms with Crippen LogP contribution in [0.4, 0.5) is 5.69 Å². The highest BCUT2D eigenvalue weighted by atomic mass is 79.9. The standard InChI is InChI=1S/C14H13BrN2O/c1-10-3-6-13(18-10)9-17(2)12-5-4-11(8-16)14(15)7-12/h3-7H,9H2,1-2H3. The molecule has 1 aromatic heterocycles. The topological polar surface area (TPSA) is 40.2 Å². The van der Waals surface area contributed by atoms with Gasteiger partial charge in [0.1, 0.15) is 17.6 Å². The van der Waals surface area contributed by atoms with Crippen LogP contribution in [0.25, 0.3) is 0 Å². The van der Waals surface area contributed by atoms with Gasteiger partial charge in [0.25, 0.3) is 0 Å². The number of aryl methyl sites for hydroxylation is 1. The minimum Gasteiger partial charge on any atom is -0.464 e. The Balaban J connectivity index is 2.16. The molecule has 3 nitrogen and oxygen atoms in total. The molecule has 1 heterocycles. The molecule has 0 spiro atoms. The van der Waals surface area contributed by atoms with Crippen LogP contribution in [0.3, 0.4) is 0 Å². The summed E-state index contributed by atoms with van der Waals surface area (Å²) in [5, 5.41) is 8.88. The van der Waals surface area contributed by atoms with Gasteiger partial charge in [0, 0.05) is 17.2 Å². The lowest BCUT2D eigenvalue weighted by Gasteiger charge is -2.18. The van der Waals surface area contributed by atoms with Crippen LogP contribution in [0.15, 0.2) is 39.2 Å². The largest absolute Gasteiger partial charge is 0.464 e. The Morgan fingerprint density at radius 3 is 2.67 bits per heavy atom. The fourth-order valence-corrected chi connectivity index (χ4v) is 2.18. The van der Waals surface area contributed by atoms with E-state index < -0.39 is 0 Å². The van der Waals surface area contributed by atoms with Crippen molar-refractivity contribution in [3.05, 3.63) is 51.9 Å². The third kappa shape index (κ3) is 2.74. The summed E-state index contributed by atoms with van der Waals surface area (Å²) in [6, 6.07) is 11.7.